The van der Waals surface area contributed by atoms with Crippen molar-refractivity contribution in [2.24, 2.45) is 14.1 Å². The zero-order valence-electron chi connectivity index (χ0n) is 23.8. The van der Waals surface area contributed by atoms with Gasteiger partial charge in [0, 0.05) is 49.7 Å². The summed E-state index contributed by atoms with van der Waals surface area (Å²) in [4.78, 5) is 28.2. The number of hydrogen-bond donors (Lipinski definition) is 2. The summed E-state index contributed by atoms with van der Waals surface area (Å²) in [5.74, 6) is -0.169. The van der Waals surface area contributed by atoms with Crippen LogP contribution in [0.4, 0.5) is 15.9 Å². The molecule has 0 bridgehead atoms. The van der Waals surface area contributed by atoms with Crippen LogP contribution < -0.4 is 10.9 Å². The van der Waals surface area contributed by atoms with Crippen molar-refractivity contribution in [3.05, 3.63) is 93.2 Å². The molecule has 0 unspecified atom stereocenters. The van der Waals surface area contributed by atoms with Crippen molar-refractivity contribution in [2.75, 3.05) is 25.0 Å². The molecule has 0 radical (unpaired) electrons. The zero-order chi connectivity index (χ0) is 29.3. The Bertz CT molecular complexity index is 1640. The van der Waals surface area contributed by atoms with Crippen molar-refractivity contribution in [2.45, 2.75) is 38.6 Å². The minimum atomic E-state index is -0.494. The number of benzene rings is 2. The lowest BCUT2D eigenvalue weighted by atomic mass is 9.85. The molecule has 41 heavy (non-hydrogen) atoms. The molecule has 4 aromatic rings. The zero-order valence-corrected chi connectivity index (χ0v) is 23.8. The number of ketones is 1. The number of rotatable bonds is 10. The lowest BCUT2D eigenvalue weighted by Crippen LogP contribution is -2.36. The number of likely N-dealkylation sites (tertiary alicyclic amines) is 1. The van der Waals surface area contributed by atoms with Gasteiger partial charge in [0.05, 0.1) is 18.0 Å². The second-order valence-electron chi connectivity index (χ2n) is 11.3. The number of carbonyl (C=O) groups excluding carboxylic acids is 1. The molecule has 1 saturated heterocycles. The van der Waals surface area contributed by atoms with E-state index in [-0.39, 0.29) is 29.9 Å². The van der Waals surface area contributed by atoms with Gasteiger partial charge in [-0.3, -0.25) is 19.2 Å². The number of nitrogens with zero attached hydrogens (tertiary/aromatic N) is 5. The number of carbonyl (C=O) groups is 1. The van der Waals surface area contributed by atoms with Crippen molar-refractivity contribution in [3.8, 4) is 11.3 Å². The van der Waals surface area contributed by atoms with E-state index in [1.807, 2.05) is 39.1 Å². The van der Waals surface area contributed by atoms with Gasteiger partial charge in [-0.2, -0.15) is 10.2 Å². The lowest BCUT2D eigenvalue weighted by molar-refractivity contribution is 0.0991. The molecule has 1 aliphatic heterocycles. The van der Waals surface area contributed by atoms with Crippen molar-refractivity contribution < 1.29 is 14.3 Å². The van der Waals surface area contributed by atoms with E-state index in [0.29, 0.717) is 28.3 Å². The SMILES string of the molecule is Cn1nc(Nc2cc(-c3ccc(F)c(CC(=O)c4ccc(C(C)(C)CO)cc4)c3)nn(C)c2=O)cc1CN1CCC1. The Balaban J connectivity index is 1.37. The molecule has 2 aromatic heterocycles. The molecule has 0 aliphatic carbocycles. The monoisotopic (exact) mass is 558 g/mol. The molecule has 10 heteroatoms. The number of aliphatic hydroxyl groups excluding tert-OH is 1. The summed E-state index contributed by atoms with van der Waals surface area (Å²) in [5.41, 5.74) is 3.22. The normalized spacial score (nSPS) is 13.7. The van der Waals surface area contributed by atoms with Crippen molar-refractivity contribution >= 4 is 17.3 Å². The fourth-order valence-corrected chi connectivity index (χ4v) is 4.80. The summed E-state index contributed by atoms with van der Waals surface area (Å²) >= 11 is 0. The van der Waals surface area contributed by atoms with E-state index in [1.54, 1.807) is 42.1 Å². The summed E-state index contributed by atoms with van der Waals surface area (Å²) < 4.78 is 17.8. The van der Waals surface area contributed by atoms with Gasteiger partial charge in [0.2, 0.25) is 0 Å². The highest BCUT2D eigenvalue weighted by atomic mass is 19.1. The first kappa shape index (κ1) is 28.4. The minimum Gasteiger partial charge on any atom is -0.395 e. The van der Waals surface area contributed by atoms with Gasteiger partial charge in [0.15, 0.2) is 11.6 Å². The van der Waals surface area contributed by atoms with Gasteiger partial charge in [-0.1, -0.05) is 38.1 Å². The Labute approximate surface area is 238 Å². The van der Waals surface area contributed by atoms with E-state index in [2.05, 4.69) is 20.4 Å². The van der Waals surface area contributed by atoms with Crippen LogP contribution in [0.3, 0.4) is 0 Å². The van der Waals surface area contributed by atoms with E-state index in [9.17, 15) is 19.1 Å². The molecular formula is C31H35FN6O3. The Morgan fingerprint density at radius 1 is 1.02 bits per heavy atom. The molecule has 0 atom stereocenters. The maximum atomic E-state index is 14.8. The molecule has 214 valence electrons. The van der Waals surface area contributed by atoms with E-state index < -0.39 is 11.2 Å². The quantitative estimate of drug-likeness (QED) is 0.284. The van der Waals surface area contributed by atoms with Crippen LogP contribution in [0, 0.1) is 5.82 Å². The van der Waals surface area contributed by atoms with Crippen LogP contribution in [0.15, 0.2) is 59.4 Å². The molecule has 0 saturated carbocycles. The third-order valence-electron chi connectivity index (χ3n) is 7.71. The highest BCUT2D eigenvalue weighted by molar-refractivity contribution is 5.97. The van der Waals surface area contributed by atoms with Crippen LogP contribution in [-0.4, -0.2) is 55.0 Å². The second-order valence-corrected chi connectivity index (χ2v) is 11.3. The highest BCUT2D eigenvalue weighted by Crippen LogP contribution is 2.26. The highest BCUT2D eigenvalue weighted by Gasteiger charge is 2.21. The number of aryl methyl sites for hydroxylation is 2. The molecule has 9 nitrogen and oxygen atoms in total. The summed E-state index contributed by atoms with van der Waals surface area (Å²) in [6.45, 7) is 6.76. The average molecular weight is 559 g/mol. The van der Waals surface area contributed by atoms with Gasteiger partial charge >= 0.3 is 0 Å². The van der Waals surface area contributed by atoms with E-state index in [0.717, 1.165) is 30.9 Å². The molecule has 1 aliphatic rings. The first-order valence-corrected chi connectivity index (χ1v) is 13.7. The summed E-state index contributed by atoms with van der Waals surface area (Å²) in [6, 6.07) is 15.1. The third-order valence-corrected chi connectivity index (χ3v) is 7.71. The molecule has 2 aromatic carbocycles. The fourth-order valence-electron chi connectivity index (χ4n) is 4.80. The average Bonchev–Trinajstić information content (AvgIpc) is 3.28. The lowest BCUT2D eigenvalue weighted by Gasteiger charge is -2.30. The van der Waals surface area contributed by atoms with Crippen molar-refractivity contribution in [1.29, 1.82) is 0 Å². The molecule has 1 fully saturated rings. The number of hydrogen-bond acceptors (Lipinski definition) is 7. The maximum Gasteiger partial charge on any atom is 0.290 e. The third kappa shape index (κ3) is 6.13. The van der Waals surface area contributed by atoms with Crippen LogP contribution in [-0.2, 0) is 32.5 Å². The Hall–Kier alpha value is -4.15. The number of Topliss-reactive ketones (excluding diaryl/α,β-unsaturated/α-hetero) is 1. The van der Waals surface area contributed by atoms with Crippen molar-refractivity contribution in [1.82, 2.24) is 24.5 Å². The second kappa shape index (κ2) is 11.4. The Morgan fingerprint density at radius 3 is 2.41 bits per heavy atom. The molecule has 5 rings (SSSR count). The summed E-state index contributed by atoms with van der Waals surface area (Å²) in [7, 11) is 3.43. The fraction of sp³-hybridized carbons (Fsp3) is 0.355. The molecule has 2 N–H and O–H groups in total. The topological polar surface area (TPSA) is 105 Å². The smallest absolute Gasteiger partial charge is 0.290 e. The largest absolute Gasteiger partial charge is 0.395 e. The molecular weight excluding hydrogens is 523 g/mol. The maximum absolute atomic E-state index is 14.8. The number of anilines is 2. The molecule has 3 heterocycles. The number of aromatic nitrogens is 4. The van der Waals surface area contributed by atoms with Gasteiger partial charge in [0.25, 0.3) is 5.56 Å². The van der Waals surface area contributed by atoms with Crippen LogP contribution in [0.25, 0.3) is 11.3 Å². The first-order valence-electron chi connectivity index (χ1n) is 13.7. The summed E-state index contributed by atoms with van der Waals surface area (Å²) in [5, 5.41) is 21.6. The predicted molar refractivity (Wildman–Crippen MR) is 156 cm³/mol. The van der Waals surface area contributed by atoms with Gasteiger partial charge in [-0.25, -0.2) is 9.07 Å². The van der Waals surface area contributed by atoms with Gasteiger partial charge in [-0.15, -0.1) is 0 Å². The number of aliphatic hydroxyl groups is 1. The van der Waals surface area contributed by atoms with Crippen LogP contribution >= 0.6 is 0 Å². The summed E-state index contributed by atoms with van der Waals surface area (Å²) in [6.07, 6.45) is 1.07. The predicted octanol–water partition coefficient (Wildman–Crippen LogP) is 3.96. The Kier molecular flexibility index (Phi) is 7.88. The number of nitrogens with one attached hydrogen (secondary N) is 1. The standard InChI is InChI=1S/C31H35FN6O3/c1-31(2,19-39)23-9-6-20(7-10-23)28(40)15-22-14-21(8-11-25(22)32)26-17-27(30(41)37(4)34-26)33-29-16-24(36(3)35-29)18-38-12-5-13-38/h6-11,14,16-17,39H,5,12-13,15,18-19H2,1-4H3,(H,33,35). The van der Waals surface area contributed by atoms with Crippen LogP contribution in [0.5, 0.6) is 0 Å². The number of halogens is 1. The van der Waals surface area contributed by atoms with Crippen LogP contribution in [0.1, 0.15) is 47.4 Å². The van der Waals surface area contributed by atoms with Gasteiger partial charge in [-0.05, 0) is 54.9 Å². The molecule has 0 amide bonds. The van der Waals surface area contributed by atoms with Crippen LogP contribution in [0.2, 0.25) is 0 Å². The van der Waals surface area contributed by atoms with E-state index in [1.165, 1.54) is 17.2 Å². The minimum absolute atomic E-state index is 0.0176. The first-order chi connectivity index (χ1) is 19.5. The van der Waals surface area contributed by atoms with E-state index in [4.69, 9.17) is 0 Å². The Morgan fingerprint density at radius 2 is 1.76 bits per heavy atom. The van der Waals surface area contributed by atoms with Crippen molar-refractivity contribution in [3.63, 3.8) is 0 Å². The van der Waals surface area contributed by atoms with Gasteiger partial charge < -0.3 is 10.4 Å². The van der Waals surface area contributed by atoms with E-state index >= 15 is 0 Å². The van der Waals surface area contributed by atoms with Gasteiger partial charge in [0.1, 0.15) is 11.5 Å². The molecule has 0 spiro atoms.